The fourth-order valence-electron chi connectivity index (χ4n) is 3.38. The summed E-state index contributed by atoms with van der Waals surface area (Å²) >= 11 is 0. The van der Waals surface area contributed by atoms with Crippen LogP contribution in [0.4, 0.5) is 0 Å². The Hall–Kier alpha value is -3.80. The van der Waals surface area contributed by atoms with Gasteiger partial charge in [-0.2, -0.15) is 0 Å². The Labute approximate surface area is 187 Å². The minimum Gasteiger partial charge on any atom is -0.504 e. The van der Waals surface area contributed by atoms with Gasteiger partial charge in [-0.25, -0.2) is 0 Å². The molecule has 0 spiro atoms. The van der Waals surface area contributed by atoms with Crippen molar-refractivity contribution < 1.29 is 24.2 Å². The van der Waals surface area contributed by atoms with Crippen LogP contribution in [0.25, 0.3) is 0 Å². The van der Waals surface area contributed by atoms with Crippen molar-refractivity contribution in [1.29, 1.82) is 0 Å². The highest BCUT2D eigenvalue weighted by Crippen LogP contribution is 2.26. The first-order valence-corrected chi connectivity index (χ1v) is 10.4. The van der Waals surface area contributed by atoms with E-state index in [4.69, 9.17) is 9.47 Å². The molecule has 166 valence electrons. The summed E-state index contributed by atoms with van der Waals surface area (Å²) in [5.74, 6) is -0.445. The second-order valence-electron chi connectivity index (χ2n) is 7.39. The molecule has 0 radical (unpaired) electrons. The number of benzene rings is 3. The van der Waals surface area contributed by atoms with Crippen LogP contribution in [0.15, 0.2) is 78.9 Å². The zero-order valence-corrected chi connectivity index (χ0v) is 18.0. The second-order valence-corrected chi connectivity index (χ2v) is 7.39. The van der Waals surface area contributed by atoms with E-state index in [1.165, 1.54) is 7.11 Å². The molecule has 0 saturated carbocycles. The number of esters is 1. The first kappa shape index (κ1) is 22.9. The summed E-state index contributed by atoms with van der Waals surface area (Å²) in [4.78, 5) is 24.6. The van der Waals surface area contributed by atoms with Gasteiger partial charge in [-0.15, -0.1) is 0 Å². The molecule has 0 aliphatic carbocycles. The number of hydrogen-bond acceptors (Lipinski definition) is 5. The molecule has 6 nitrogen and oxygen atoms in total. The van der Waals surface area contributed by atoms with Gasteiger partial charge in [0.05, 0.1) is 13.2 Å². The predicted molar refractivity (Wildman–Crippen MR) is 121 cm³/mol. The maximum absolute atomic E-state index is 12.5. The third kappa shape index (κ3) is 6.87. The van der Waals surface area contributed by atoms with Crippen molar-refractivity contribution in [3.8, 4) is 11.5 Å². The molecule has 1 amide bonds. The number of methoxy groups -OCH3 is 1. The molecule has 1 unspecified atom stereocenters. The van der Waals surface area contributed by atoms with Gasteiger partial charge in [0.1, 0.15) is 0 Å². The van der Waals surface area contributed by atoms with E-state index in [9.17, 15) is 14.7 Å². The van der Waals surface area contributed by atoms with Gasteiger partial charge < -0.3 is 19.9 Å². The normalized spacial score (nSPS) is 11.4. The van der Waals surface area contributed by atoms with Gasteiger partial charge in [-0.05, 0) is 41.7 Å². The van der Waals surface area contributed by atoms with Crippen molar-refractivity contribution in [2.24, 2.45) is 0 Å². The summed E-state index contributed by atoms with van der Waals surface area (Å²) in [5, 5.41) is 12.8. The Kier molecular flexibility index (Phi) is 8.26. The van der Waals surface area contributed by atoms with Crippen LogP contribution in [0.5, 0.6) is 11.5 Å². The Morgan fingerprint density at radius 2 is 1.62 bits per heavy atom. The van der Waals surface area contributed by atoms with Gasteiger partial charge in [0.25, 0.3) is 5.91 Å². The van der Waals surface area contributed by atoms with Crippen LogP contribution >= 0.6 is 0 Å². The van der Waals surface area contributed by atoms with Gasteiger partial charge in [0.2, 0.25) is 0 Å². The molecule has 3 aromatic carbocycles. The third-order valence-electron chi connectivity index (χ3n) is 5.05. The lowest BCUT2D eigenvalue weighted by Crippen LogP contribution is -2.33. The molecule has 0 aromatic heterocycles. The fourth-order valence-corrected chi connectivity index (χ4v) is 3.38. The number of aromatic hydroxyl groups is 1. The van der Waals surface area contributed by atoms with Crippen LogP contribution in [-0.2, 0) is 27.2 Å². The summed E-state index contributed by atoms with van der Waals surface area (Å²) in [5.41, 5.74) is 2.86. The summed E-state index contributed by atoms with van der Waals surface area (Å²) in [6, 6.07) is 24.3. The lowest BCUT2D eigenvalue weighted by molar-refractivity contribution is -0.148. The van der Waals surface area contributed by atoms with Gasteiger partial charge in [-0.3, -0.25) is 9.59 Å². The Morgan fingerprint density at radius 3 is 2.28 bits per heavy atom. The van der Waals surface area contributed by atoms with Crippen molar-refractivity contribution >= 4 is 11.9 Å². The van der Waals surface area contributed by atoms with E-state index < -0.39 is 5.97 Å². The van der Waals surface area contributed by atoms with Crippen LogP contribution in [-0.4, -0.2) is 30.7 Å². The molecule has 2 N–H and O–H groups in total. The quantitative estimate of drug-likeness (QED) is 0.473. The zero-order chi connectivity index (χ0) is 22.8. The second kappa shape index (κ2) is 11.6. The zero-order valence-electron chi connectivity index (χ0n) is 18.0. The molecule has 32 heavy (non-hydrogen) atoms. The molecule has 0 fully saturated rings. The fraction of sp³-hybridized carbons (Fsp3) is 0.231. The van der Waals surface area contributed by atoms with E-state index in [0.29, 0.717) is 18.6 Å². The monoisotopic (exact) mass is 433 g/mol. The molecule has 3 rings (SSSR count). The summed E-state index contributed by atoms with van der Waals surface area (Å²) < 4.78 is 10.2. The van der Waals surface area contributed by atoms with Crippen molar-refractivity contribution in [3.05, 3.63) is 95.6 Å². The number of carbonyl (C=O) groups excluding carboxylic acids is 2. The maximum Gasteiger partial charge on any atom is 0.306 e. The first-order chi connectivity index (χ1) is 15.5. The molecule has 0 aliphatic rings. The molecule has 1 atom stereocenters. The molecule has 0 aliphatic heterocycles. The molecule has 0 heterocycles. The summed E-state index contributed by atoms with van der Waals surface area (Å²) in [6.45, 7) is -0.342. The number of carbonyl (C=O) groups is 2. The summed E-state index contributed by atoms with van der Waals surface area (Å²) in [7, 11) is 1.47. The van der Waals surface area contributed by atoms with Crippen molar-refractivity contribution in [2.45, 2.75) is 25.3 Å². The van der Waals surface area contributed by atoms with E-state index in [-0.39, 0.29) is 30.7 Å². The van der Waals surface area contributed by atoms with E-state index in [1.54, 1.807) is 18.2 Å². The number of rotatable bonds is 10. The van der Waals surface area contributed by atoms with E-state index in [2.05, 4.69) is 5.32 Å². The number of hydrogen-bond donors (Lipinski definition) is 2. The third-order valence-corrected chi connectivity index (χ3v) is 5.05. The number of phenols is 1. The van der Waals surface area contributed by atoms with E-state index >= 15 is 0 Å². The highest BCUT2D eigenvalue weighted by molar-refractivity contribution is 5.81. The molecule has 0 bridgehead atoms. The summed E-state index contributed by atoms with van der Waals surface area (Å²) in [6.07, 6.45) is 1.12. The topological polar surface area (TPSA) is 84.9 Å². The smallest absolute Gasteiger partial charge is 0.306 e. The van der Waals surface area contributed by atoms with E-state index in [1.807, 2.05) is 60.7 Å². The largest absolute Gasteiger partial charge is 0.504 e. The van der Waals surface area contributed by atoms with Gasteiger partial charge >= 0.3 is 5.97 Å². The highest BCUT2D eigenvalue weighted by Gasteiger charge is 2.16. The van der Waals surface area contributed by atoms with E-state index in [0.717, 1.165) is 16.7 Å². The van der Waals surface area contributed by atoms with Crippen molar-refractivity contribution in [3.63, 3.8) is 0 Å². The number of amides is 1. The van der Waals surface area contributed by atoms with Crippen molar-refractivity contribution in [1.82, 2.24) is 5.32 Å². The number of aryl methyl sites for hydroxylation is 1. The van der Waals surface area contributed by atoms with Crippen LogP contribution in [0.1, 0.15) is 29.2 Å². The Balaban J connectivity index is 1.51. The number of ether oxygens (including phenoxy) is 2. The van der Waals surface area contributed by atoms with Crippen LogP contribution in [0, 0.1) is 0 Å². The van der Waals surface area contributed by atoms with Crippen LogP contribution < -0.4 is 10.1 Å². The lowest BCUT2D eigenvalue weighted by atomic mass is 9.99. The molecule has 6 heteroatoms. The average molecular weight is 434 g/mol. The minimum atomic E-state index is -0.477. The molecule has 3 aromatic rings. The Morgan fingerprint density at radius 1 is 0.938 bits per heavy atom. The number of phenolic OH excluding ortho intramolecular Hbond substituents is 1. The SMILES string of the molecule is COc1ccc(CCC(=O)OCC(=O)NC(Cc2ccccc2)c2ccccc2)cc1O. The average Bonchev–Trinajstić information content (AvgIpc) is 2.82. The van der Waals surface area contributed by atoms with Crippen LogP contribution in [0.3, 0.4) is 0 Å². The van der Waals surface area contributed by atoms with Crippen molar-refractivity contribution in [2.75, 3.05) is 13.7 Å². The standard InChI is InChI=1S/C26H27NO5/c1-31-24-14-12-20(17-23(24)28)13-15-26(30)32-18-25(29)27-22(21-10-6-3-7-11-21)16-19-8-4-2-5-9-19/h2-12,14,17,22,28H,13,15-16,18H2,1H3,(H,27,29). The minimum absolute atomic E-state index is 0.0168. The lowest BCUT2D eigenvalue weighted by Gasteiger charge is -2.19. The van der Waals surface area contributed by atoms with Gasteiger partial charge in [-0.1, -0.05) is 66.7 Å². The van der Waals surface area contributed by atoms with Crippen LogP contribution in [0.2, 0.25) is 0 Å². The molecular formula is C26H27NO5. The van der Waals surface area contributed by atoms with Gasteiger partial charge in [0, 0.05) is 6.42 Å². The highest BCUT2D eigenvalue weighted by atomic mass is 16.5. The first-order valence-electron chi connectivity index (χ1n) is 10.4. The Bertz CT molecular complexity index is 1020. The molecular weight excluding hydrogens is 406 g/mol. The predicted octanol–water partition coefficient (Wildman–Crippen LogP) is 3.98. The number of nitrogens with one attached hydrogen (secondary N) is 1. The maximum atomic E-state index is 12.5. The van der Waals surface area contributed by atoms with Gasteiger partial charge in [0.15, 0.2) is 18.1 Å². The molecule has 0 saturated heterocycles.